The van der Waals surface area contributed by atoms with E-state index in [0.29, 0.717) is 11.5 Å². The SMILES string of the molecule is CO[C-]=COC.[CH2-]/C(=C/OC)OC.[CH2-]/C(=C/OC)OC.[Ir+3]. The van der Waals surface area contributed by atoms with Gasteiger partial charge in [0.05, 0.1) is 35.5 Å². The monoisotopic (exact) mass is 482 g/mol. The number of hydrogen-bond donors (Lipinski definition) is 0. The van der Waals surface area contributed by atoms with Crippen molar-refractivity contribution in [3.8, 4) is 0 Å². The summed E-state index contributed by atoms with van der Waals surface area (Å²) < 4.78 is 27.1. The van der Waals surface area contributed by atoms with Crippen LogP contribution in [0.25, 0.3) is 0 Å². The molecule has 0 radical (unpaired) electrons. The largest absolute Gasteiger partial charge is 3.00 e. The number of methoxy groups -OCH3 is 6. The van der Waals surface area contributed by atoms with Crippen LogP contribution in [0.2, 0.25) is 0 Å². The number of allylic oxidation sites excluding steroid dienone is 2. The molecule has 6 nitrogen and oxygen atoms in total. The predicted molar refractivity (Wildman–Crippen MR) is 76.7 cm³/mol. The molecule has 0 N–H and O–H groups in total. The van der Waals surface area contributed by atoms with Crippen molar-refractivity contribution in [2.24, 2.45) is 0 Å². The molecule has 0 aliphatic rings. The van der Waals surface area contributed by atoms with E-state index in [4.69, 9.17) is 0 Å². The molecule has 0 heterocycles. The van der Waals surface area contributed by atoms with E-state index >= 15 is 0 Å². The van der Waals surface area contributed by atoms with Gasteiger partial charge < -0.3 is 28.4 Å². The van der Waals surface area contributed by atoms with E-state index in [9.17, 15) is 0 Å². The Morgan fingerprint density at radius 2 is 1.14 bits per heavy atom. The van der Waals surface area contributed by atoms with Crippen LogP contribution in [-0.2, 0) is 48.5 Å². The molecule has 0 spiro atoms. The molecule has 0 aromatic carbocycles. The molecule has 0 aliphatic heterocycles. The van der Waals surface area contributed by atoms with Crippen LogP contribution in [0.1, 0.15) is 0 Å². The first kappa shape index (κ1) is 27.7. The summed E-state index contributed by atoms with van der Waals surface area (Å²) in [6.45, 7) is 6.92. The normalized spacial score (nSPS) is 9.81. The zero-order chi connectivity index (χ0) is 16.2. The van der Waals surface area contributed by atoms with Gasteiger partial charge in [0.25, 0.3) is 0 Å². The summed E-state index contributed by atoms with van der Waals surface area (Å²) in [6, 6.07) is 0. The molecule has 0 rings (SSSR count). The molecule has 0 bridgehead atoms. The molecule has 0 aliphatic carbocycles. The summed E-state index contributed by atoms with van der Waals surface area (Å²) in [5.41, 5.74) is 0. The summed E-state index contributed by atoms with van der Waals surface area (Å²) in [4.78, 5) is 0. The van der Waals surface area contributed by atoms with Gasteiger partial charge in [-0.3, -0.25) is 6.26 Å². The van der Waals surface area contributed by atoms with Crippen molar-refractivity contribution in [3.63, 3.8) is 0 Å². The van der Waals surface area contributed by atoms with Gasteiger partial charge >= 0.3 is 20.1 Å². The summed E-state index contributed by atoms with van der Waals surface area (Å²) in [7, 11) is 9.21. The van der Waals surface area contributed by atoms with Crippen molar-refractivity contribution >= 4 is 0 Å². The Morgan fingerprint density at radius 3 is 1.24 bits per heavy atom. The van der Waals surface area contributed by atoms with Gasteiger partial charge in [-0.2, -0.15) is 0 Å². The first-order valence-corrected chi connectivity index (χ1v) is 5.34. The molecule has 0 unspecified atom stereocenters. The molecule has 0 saturated carbocycles. The second-order valence-electron chi connectivity index (χ2n) is 2.72. The smallest absolute Gasteiger partial charge is 0.692 e. The first-order chi connectivity index (χ1) is 9.53. The van der Waals surface area contributed by atoms with Crippen molar-refractivity contribution in [3.05, 3.63) is 50.4 Å². The van der Waals surface area contributed by atoms with Gasteiger partial charge in [-0.05, 0) is 24.0 Å². The average Bonchev–Trinajstić information content (AvgIpc) is 2.46. The molecule has 126 valence electrons. The fourth-order valence-corrected chi connectivity index (χ4v) is 0.455. The predicted octanol–water partition coefficient (Wildman–Crippen LogP) is 2.46. The third kappa shape index (κ3) is 38.1. The molecule has 0 fully saturated rings. The topological polar surface area (TPSA) is 55.4 Å². The van der Waals surface area contributed by atoms with Crippen LogP contribution in [0.3, 0.4) is 0 Å². The second-order valence-corrected chi connectivity index (χ2v) is 2.72. The Hall–Kier alpha value is -1.59. The van der Waals surface area contributed by atoms with Crippen LogP contribution in [-0.4, -0.2) is 42.7 Å². The summed E-state index contributed by atoms with van der Waals surface area (Å²) in [6.07, 6.45) is 6.55. The van der Waals surface area contributed by atoms with Gasteiger partial charge in [0.15, 0.2) is 0 Å². The van der Waals surface area contributed by atoms with Crippen LogP contribution in [0.15, 0.2) is 30.3 Å². The van der Waals surface area contributed by atoms with E-state index in [0.717, 1.165) is 0 Å². The molecule has 21 heavy (non-hydrogen) atoms. The second kappa shape index (κ2) is 26.9. The number of ether oxygens (including phenoxy) is 6. The Bertz CT molecular complexity index is 238. The minimum atomic E-state index is 0. The number of rotatable bonds is 6. The minimum Gasteiger partial charge on any atom is -0.692 e. The fourth-order valence-electron chi connectivity index (χ4n) is 0.455. The Labute approximate surface area is 142 Å². The molecule has 0 atom stereocenters. The summed E-state index contributed by atoms with van der Waals surface area (Å²) in [5, 5.41) is 0. The maximum Gasteiger partial charge on any atom is 3.00 e. The average molecular weight is 482 g/mol. The molecular weight excluding hydrogens is 456 g/mol. The van der Waals surface area contributed by atoms with E-state index in [1.54, 1.807) is 14.2 Å². The third-order valence-electron chi connectivity index (χ3n) is 1.31. The molecule has 7 heteroatoms. The number of hydrogen-bond acceptors (Lipinski definition) is 6. The Kier molecular flexibility index (Phi) is 35.4. The maximum absolute atomic E-state index is 4.62. The zero-order valence-corrected chi connectivity index (χ0v) is 15.8. The van der Waals surface area contributed by atoms with Crippen LogP contribution < -0.4 is 0 Å². The van der Waals surface area contributed by atoms with Crippen LogP contribution in [0.4, 0.5) is 0 Å². The minimum absolute atomic E-state index is 0. The van der Waals surface area contributed by atoms with Gasteiger partial charge in [0, 0.05) is 7.11 Å². The first-order valence-electron chi connectivity index (χ1n) is 5.34. The summed E-state index contributed by atoms with van der Waals surface area (Å²) >= 11 is 0. The van der Waals surface area contributed by atoms with Gasteiger partial charge in [-0.15, -0.1) is 0 Å². The van der Waals surface area contributed by atoms with Crippen molar-refractivity contribution in [2.45, 2.75) is 0 Å². The standard InChI is InChI=1S/2C5H9O2.C4H7O2.Ir/c2*1-5(7-3)4-6-2;1-5-3-4-6-2;/h2*4H,1H2,2-3H3;3H,1-2H3;/q3*-1;+3/b2*5-4-;;. The van der Waals surface area contributed by atoms with E-state index in [2.05, 4.69) is 48.5 Å². The molecule has 0 saturated heterocycles. The molecule has 0 amide bonds. The van der Waals surface area contributed by atoms with Gasteiger partial charge in [-0.1, -0.05) is 6.26 Å². The van der Waals surface area contributed by atoms with Crippen molar-refractivity contribution in [1.82, 2.24) is 0 Å². The van der Waals surface area contributed by atoms with Gasteiger partial charge in [0.1, 0.15) is 0 Å². The molecule has 0 aromatic rings. The van der Waals surface area contributed by atoms with Gasteiger partial charge in [-0.25, -0.2) is 13.8 Å². The van der Waals surface area contributed by atoms with E-state index in [1.807, 2.05) is 0 Å². The Morgan fingerprint density at radius 1 is 0.762 bits per heavy atom. The van der Waals surface area contributed by atoms with Gasteiger partial charge in [0.2, 0.25) is 0 Å². The fraction of sp³-hybridized carbons (Fsp3) is 0.429. The van der Waals surface area contributed by atoms with E-state index in [1.165, 1.54) is 47.2 Å². The quantitative estimate of drug-likeness (QED) is 0.429. The van der Waals surface area contributed by atoms with Crippen molar-refractivity contribution in [2.75, 3.05) is 42.7 Å². The molecule has 0 aromatic heterocycles. The van der Waals surface area contributed by atoms with Crippen LogP contribution >= 0.6 is 0 Å². The molecular formula is C14H25IrO6. The summed E-state index contributed by atoms with van der Waals surface area (Å²) in [5.74, 6) is 1.06. The van der Waals surface area contributed by atoms with Crippen LogP contribution in [0.5, 0.6) is 0 Å². The van der Waals surface area contributed by atoms with E-state index in [-0.39, 0.29) is 20.1 Å². The van der Waals surface area contributed by atoms with Crippen molar-refractivity contribution < 1.29 is 48.5 Å². The van der Waals surface area contributed by atoms with E-state index < -0.39 is 0 Å². The maximum atomic E-state index is 4.62. The van der Waals surface area contributed by atoms with Crippen LogP contribution in [0, 0.1) is 20.1 Å². The van der Waals surface area contributed by atoms with Crippen molar-refractivity contribution in [1.29, 1.82) is 0 Å². The Balaban J connectivity index is -0.000000101. The third-order valence-corrected chi connectivity index (χ3v) is 1.31. The zero-order valence-electron chi connectivity index (χ0n) is 13.4.